The number of nitrogens with one attached hydrogen (secondary N) is 4. The Morgan fingerprint density at radius 3 is 3.00 bits per heavy atom. The number of imidazole rings is 1. The van der Waals surface area contributed by atoms with Crippen molar-refractivity contribution in [2.45, 2.75) is 19.4 Å². The Balaban J connectivity index is 1.49. The quantitative estimate of drug-likeness (QED) is 0.325. The highest BCUT2D eigenvalue weighted by Crippen LogP contribution is 2.29. The summed E-state index contributed by atoms with van der Waals surface area (Å²) in [5.41, 5.74) is 8.80. The molecule has 0 fully saturated rings. The maximum atomic E-state index is 12.0. The van der Waals surface area contributed by atoms with Crippen LogP contribution in [0.15, 0.2) is 48.9 Å². The van der Waals surface area contributed by atoms with Gasteiger partial charge in [-0.3, -0.25) is 4.79 Å². The van der Waals surface area contributed by atoms with Gasteiger partial charge in [-0.05, 0) is 36.6 Å². The number of carbonyl (C=O) groups excluding carboxylic acids is 1. The van der Waals surface area contributed by atoms with Crippen LogP contribution in [-0.2, 0) is 4.79 Å². The van der Waals surface area contributed by atoms with Crippen LogP contribution in [0.3, 0.4) is 0 Å². The number of hydrogen-bond acceptors (Lipinski definition) is 6. The summed E-state index contributed by atoms with van der Waals surface area (Å²) in [5.74, 6) is 0.487. The van der Waals surface area contributed by atoms with Crippen molar-refractivity contribution >= 4 is 45.4 Å². The lowest BCUT2D eigenvalue weighted by atomic mass is 9.82. The number of nitrogens with zero attached hydrogens (tertiary/aromatic N) is 3. The standard InChI is InChI=1S/C21H22N8O/c1-11-3-2-4-14(18(22)30)16(11)27-20-17-19(25-10-24-17)28-21(29-20)26-13-5-6-15-12(9-13)7-8-23-15/h2-3,5-11,14,16,23H,4H2,1H3,(H2,22,30)(H3,24,25,26,27,28,29). The lowest BCUT2D eigenvalue weighted by molar-refractivity contribution is -0.122. The van der Waals surface area contributed by atoms with Crippen molar-refractivity contribution in [1.29, 1.82) is 0 Å². The minimum Gasteiger partial charge on any atom is -0.369 e. The number of amides is 1. The van der Waals surface area contributed by atoms with Gasteiger partial charge in [-0.2, -0.15) is 9.97 Å². The molecule has 5 rings (SSSR count). The van der Waals surface area contributed by atoms with E-state index in [4.69, 9.17) is 5.73 Å². The van der Waals surface area contributed by atoms with Crippen LogP contribution < -0.4 is 16.4 Å². The number of carbonyl (C=O) groups is 1. The van der Waals surface area contributed by atoms with Crippen LogP contribution in [0.5, 0.6) is 0 Å². The van der Waals surface area contributed by atoms with E-state index in [0.717, 1.165) is 16.6 Å². The first-order chi connectivity index (χ1) is 14.6. The highest BCUT2D eigenvalue weighted by atomic mass is 16.1. The average Bonchev–Trinajstić information content (AvgIpc) is 3.38. The van der Waals surface area contributed by atoms with E-state index in [2.05, 4.69) is 48.6 Å². The van der Waals surface area contributed by atoms with Crippen LogP contribution in [0.2, 0.25) is 0 Å². The molecule has 9 heteroatoms. The first kappa shape index (κ1) is 18.2. The summed E-state index contributed by atoms with van der Waals surface area (Å²) in [5, 5.41) is 7.77. The number of allylic oxidation sites excluding steroid dienone is 1. The van der Waals surface area contributed by atoms with E-state index in [9.17, 15) is 4.79 Å². The van der Waals surface area contributed by atoms with Gasteiger partial charge in [-0.1, -0.05) is 19.1 Å². The van der Waals surface area contributed by atoms with Crippen LogP contribution >= 0.6 is 0 Å². The highest BCUT2D eigenvalue weighted by molar-refractivity contribution is 5.86. The van der Waals surface area contributed by atoms with Gasteiger partial charge in [0, 0.05) is 28.8 Å². The van der Waals surface area contributed by atoms with Crippen molar-refractivity contribution in [2.75, 3.05) is 10.6 Å². The second-order valence-corrected chi connectivity index (χ2v) is 7.60. The number of hydrogen-bond donors (Lipinski definition) is 5. The zero-order valence-electron chi connectivity index (χ0n) is 16.4. The summed E-state index contributed by atoms with van der Waals surface area (Å²) in [6.45, 7) is 2.06. The normalized spacial score (nSPS) is 21.2. The monoisotopic (exact) mass is 402 g/mol. The van der Waals surface area contributed by atoms with Gasteiger partial charge in [0.25, 0.3) is 0 Å². The van der Waals surface area contributed by atoms with Crippen molar-refractivity contribution in [3.63, 3.8) is 0 Å². The molecular formula is C21H22N8O. The van der Waals surface area contributed by atoms with Gasteiger partial charge >= 0.3 is 0 Å². The second kappa shape index (κ2) is 7.18. The topological polar surface area (TPSA) is 137 Å². The van der Waals surface area contributed by atoms with Crippen LogP contribution in [0.25, 0.3) is 22.1 Å². The molecular weight excluding hydrogens is 380 g/mol. The molecule has 9 nitrogen and oxygen atoms in total. The van der Waals surface area contributed by atoms with E-state index in [1.54, 1.807) is 6.33 Å². The van der Waals surface area contributed by atoms with E-state index in [0.29, 0.717) is 29.4 Å². The van der Waals surface area contributed by atoms with E-state index in [-0.39, 0.29) is 23.8 Å². The number of rotatable bonds is 5. The molecule has 0 spiro atoms. The molecule has 0 bridgehead atoms. The van der Waals surface area contributed by atoms with Gasteiger partial charge in [0.15, 0.2) is 11.5 Å². The predicted octanol–water partition coefficient (Wildman–Crippen LogP) is 3.06. The first-order valence-electron chi connectivity index (χ1n) is 9.86. The molecule has 1 aliphatic carbocycles. The van der Waals surface area contributed by atoms with Crippen LogP contribution in [-0.4, -0.2) is 36.9 Å². The molecule has 1 amide bonds. The maximum absolute atomic E-state index is 12.0. The number of fused-ring (bicyclic) bond motifs is 2. The fourth-order valence-corrected chi connectivity index (χ4v) is 4.01. The van der Waals surface area contributed by atoms with E-state index < -0.39 is 0 Å². The number of H-pyrrole nitrogens is 2. The largest absolute Gasteiger partial charge is 0.369 e. The summed E-state index contributed by atoms with van der Waals surface area (Å²) in [6.07, 6.45) is 8.19. The molecule has 0 radical (unpaired) electrons. The third kappa shape index (κ3) is 3.24. The highest BCUT2D eigenvalue weighted by Gasteiger charge is 2.32. The van der Waals surface area contributed by atoms with Gasteiger partial charge in [0.1, 0.15) is 5.52 Å². The molecule has 6 N–H and O–H groups in total. The van der Waals surface area contributed by atoms with Gasteiger partial charge in [-0.15, -0.1) is 0 Å². The molecule has 0 aliphatic heterocycles. The third-order valence-electron chi connectivity index (χ3n) is 5.59. The Morgan fingerprint density at radius 2 is 2.13 bits per heavy atom. The molecule has 3 aromatic heterocycles. The Hall–Kier alpha value is -3.88. The molecule has 3 unspecified atom stereocenters. The fraction of sp³-hybridized carbons (Fsp3) is 0.238. The number of anilines is 3. The van der Waals surface area contributed by atoms with E-state index in [1.807, 2.05) is 36.5 Å². The van der Waals surface area contributed by atoms with E-state index >= 15 is 0 Å². The second-order valence-electron chi connectivity index (χ2n) is 7.60. The minimum absolute atomic E-state index is 0.122. The zero-order chi connectivity index (χ0) is 20.7. The van der Waals surface area contributed by atoms with Crippen molar-refractivity contribution in [1.82, 2.24) is 24.9 Å². The van der Waals surface area contributed by atoms with E-state index in [1.165, 1.54) is 0 Å². The molecule has 0 saturated heterocycles. The van der Waals surface area contributed by atoms with Crippen molar-refractivity contribution in [3.05, 3.63) is 48.9 Å². The first-order valence-corrected chi connectivity index (χ1v) is 9.86. The van der Waals surface area contributed by atoms with Crippen molar-refractivity contribution < 1.29 is 4.79 Å². The summed E-state index contributed by atoms with van der Waals surface area (Å²) in [6, 6.07) is 7.82. The molecule has 0 saturated carbocycles. The zero-order valence-corrected chi connectivity index (χ0v) is 16.4. The molecule has 1 aliphatic rings. The Labute approximate surface area is 172 Å². The van der Waals surface area contributed by atoms with Gasteiger partial charge in [0.2, 0.25) is 11.9 Å². The number of benzene rings is 1. The maximum Gasteiger partial charge on any atom is 0.231 e. The summed E-state index contributed by atoms with van der Waals surface area (Å²) in [7, 11) is 0. The molecule has 3 atom stereocenters. The van der Waals surface area contributed by atoms with Gasteiger partial charge < -0.3 is 26.3 Å². The summed E-state index contributed by atoms with van der Waals surface area (Å²) < 4.78 is 0. The number of primary amides is 1. The Bertz CT molecular complexity index is 1260. The number of nitrogens with two attached hydrogens (primary N) is 1. The van der Waals surface area contributed by atoms with Crippen LogP contribution in [0.1, 0.15) is 13.3 Å². The summed E-state index contributed by atoms with van der Waals surface area (Å²) in [4.78, 5) is 31.7. The Kier molecular flexibility index (Phi) is 4.35. The number of aromatic amines is 2. The molecule has 30 heavy (non-hydrogen) atoms. The summed E-state index contributed by atoms with van der Waals surface area (Å²) >= 11 is 0. The fourth-order valence-electron chi connectivity index (χ4n) is 4.01. The third-order valence-corrected chi connectivity index (χ3v) is 5.59. The molecule has 4 aromatic rings. The lowest BCUT2D eigenvalue weighted by Gasteiger charge is -2.32. The molecule has 1 aromatic carbocycles. The Morgan fingerprint density at radius 1 is 1.23 bits per heavy atom. The lowest BCUT2D eigenvalue weighted by Crippen LogP contribution is -2.43. The smallest absolute Gasteiger partial charge is 0.231 e. The minimum atomic E-state index is -0.322. The van der Waals surface area contributed by atoms with Crippen molar-refractivity contribution in [3.8, 4) is 0 Å². The number of aromatic nitrogens is 5. The SMILES string of the molecule is CC1C=CCC(C(N)=O)C1Nc1nc(Nc2ccc3[nH]ccc3c2)nc2nc[nH]c12. The van der Waals surface area contributed by atoms with Crippen LogP contribution in [0.4, 0.5) is 17.5 Å². The van der Waals surface area contributed by atoms with Crippen molar-refractivity contribution in [2.24, 2.45) is 17.6 Å². The average molecular weight is 402 g/mol. The van der Waals surface area contributed by atoms with Crippen LogP contribution in [0, 0.1) is 11.8 Å². The predicted molar refractivity (Wildman–Crippen MR) is 116 cm³/mol. The molecule has 152 valence electrons. The molecule has 3 heterocycles. The van der Waals surface area contributed by atoms with Gasteiger partial charge in [0.05, 0.1) is 12.2 Å². The van der Waals surface area contributed by atoms with Gasteiger partial charge in [-0.25, -0.2) is 4.98 Å².